The zero-order valence-corrected chi connectivity index (χ0v) is 35.8. The number of methoxy groups -OCH3 is 2. The molecule has 58 heavy (non-hydrogen) atoms. The first kappa shape index (κ1) is 51.2. The Hall–Kier alpha value is -1.13. The Morgan fingerprint density at radius 1 is 0.672 bits per heavy atom. The molecule has 1 amide bonds. The second kappa shape index (κ2) is 23.4. The number of nitrogens with one attached hydrogen (secondary N) is 2. The van der Waals surface area contributed by atoms with Gasteiger partial charge in [-0.05, 0) is 6.92 Å². The van der Waals surface area contributed by atoms with Crippen LogP contribution in [-0.2, 0) is 89.7 Å². The molecule has 0 aromatic carbocycles. The molecule has 333 valence electrons. The summed E-state index contributed by atoms with van der Waals surface area (Å²) in [6, 6.07) is -2.21. The van der Waals surface area contributed by atoms with Crippen LogP contribution in [0.15, 0.2) is 0 Å². The number of rotatable bonds is 18. The normalized spacial score (nSPS) is 43.2. The van der Waals surface area contributed by atoms with Crippen molar-refractivity contribution in [2.24, 2.45) is 17.8 Å². The van der Waals surface area contributed by atoms with Crippen molar-refractivity contribution in [2.75, 3.05) is 60.5 Å². The minimum Gasteiger partial charge on any atom is -0.670 e. The summed E-state index contributed by atoms with van der Waals surface area (Å²) in [4.78, 5) is 36.1. The van der Waals surface area contributed by atoms with Gasteiger partial charge in [-0.15, -0.1) is 0 Å². The molecule has 22 nitrogen and oxygen atoms in total. The van der Waals surface area contributed by atoms with Crippen LogP contribution < -0.4 is 15.5 Å². The van der Waals surface area contributed by atoms with Crippen LogP contribution in [-0.4, -0.2) is 213 Å². The maximum absolute atomic E-state index is 12.3. The van der Waals surface area contributed by atoms with Crippen LogP contribution in [0.3, 0.4) is 0 Å². The molecular weight excluding hydrogens is 857 g/mol. The predicted octanol–water partition coefficient (Wildman–Crippen LogP) is -6.76. The van der Waals surface area contributed by atoms with E-state index in [-0.39, 0.29) is 59.1 Å². The molecule has 0 bridgehead atoms. The van der Waals surface area contributed by atoms with Crippen LogP contribution >= 0.6 is 0 Å². The fourth-order valence-electron chi connectivity index (χ4n) is 7.85. The van der Waals surface area contributed by atoms with E-state index in [2.05, 4.69) is 5.32 Å². The molecule has 1 radical (unpaired) electrons. The van der Waals surface area contributed by atoms with Crippen molar-refractivity contribution in [1.29, 1.82) is 0 Å². The average Bonchev–Trinajstić information content (AvgIpc) is 3.16. The van der Waals surface area contributed by atoms with Crippen molar-refractivity contribution in [3.05, 3.63) is 5.73 Å². The van der Waals surface area contributed by atoms with Crippen LogP contribution in [0.4, 0.5) is 0 Å². The molecule has 0 aliphatic carbocycles. The summed E-state index contributed by atoms with van der Waals surface area (Å²) >= 11 is 0. The van der Waals surface area contributed by atoms with Crippen molar-refractivity contribution < 1.29 is 131 Å². The van der Waals surface area contributed by atoms with Crippen molar-refractivity contribution in [3.8, 4) is 0 Å². The second-order valence-corrected chi connectivity index (χ2v) is 15.0. The van der Waals surface area contributed by atoms with Gasteiger partial charge in [-0.2, -0.15) is 0 Å². The maximum Gasteiger partial charge on any atom is 0.217 e. The van der Waals surface area contributed by atoms with Crippen LogP contribution in [0.1, 0.15) is 20.8 Å². The quantitative estimate of drug-likeness (QED) is 0.0672. The summed E-state index contributed by atoms with van der Waals surface area (Å²) in [6.07, 6.45) is -19.7. The molecule has 0 aromatic heterocycles. The van der Waals surface area contributed by atoms with E-state index in [0.717, 1.165) is 7.11 Å². The van der Waals surface area contributed by atoms with Crippen LogP contribution in [0.5, 0.6) is 0 Å². The first-order valence-corrected chi connectivity index (χ1v) is 18.8. The second-order valence-electron chi connectivity index (χ2n) is 15.0. The molecule has 20 atom stereocenters. The summed E-state index contributed by atoms with van der Waals surface area (Å²) in [7, 11) is 2.59. The topological polar surface area (TPSA) is 338 Å². The van der Waals surface area contributed by atoms with Gasteiger partial charge in [0.05, 0.1) is 101 Å². The molecule has 23 heteroatoms. The van der Waals surface area contributed by atoms with Crippen molar-refractivity contribution in [1.82, 2.24) is 5.32 Å². The summed E-state index contributed by atoms with van der Waals surface area (Å²) in [5.74, 6) is -6.39. The Morgan fingerprint density at radius 2 is 1.26 bits per heavy atom. The van der Waals surface area contributed by atoms with Gasteiger partial charge >= 0.3 is 0 Å². The maximum atomic E-state index is 12.3. The van der Waals surface area contributed by atoms with Crippen LogP contribution in [0, 0.1) is 17.8 Å². The molecule has 0 saturated carbocycles. The van der Waals surface area contributed by atoms with E-state index in [1.807, 2.05) is 0 Å². The fraction of sp³-hybridized carbons (Fsp3) is 0.914. The largest absolute Gasteiger partial charge is 0.670 e. The smallest absolute Gasteiger partial charge is 0.217 e. The number of aliphatic carboxylic acids is 2. The number of carbonyl (C=O) groups is 3. The fourth-order valence-corrected chi connectivity index (χ4v) is 7.85. The number of carbonyl (C=O) groups excluding carboxylic acids is 3. The number of aliphatic hydroxyl groups is 6. The number of aliphatic hydroxyl groups excluding tert-OH is 6. The molecule has 4 fully saturated rings. The number of hydrogen-bond acceptors (Lipinski definition) is 20. The van der Waals surface area contributed by atoms with Crippen molar-refractivity contribution in [2.45, 2.75) is 124 Å². The van der Waals surface area contributed by atoms with E-state index in [1.165, 1.54) is 14.0 Å². The molecule has 0 aromatic rings. The third-order valence-electron chi connectivity index (χ3n) is 11.3. The van der Waals surface area contributed by atoms with Gasteiger partial charge in [0.15, 0.2) is 0 Å². The van der Waals surface area contributed by atoms with E-state index in [1.54, 1.807) is 13.8 Å². The summed E-state index contributed by atoms with van der Waals surface area (Å²) in [5.41, 5.74) is 8.29. The van der Waals surface area contributed by atoms with E-state index < -0.39 is 159 Å². The number of ether oxygens (including phenoxy) is 9. The molecule has 4 rings (SSSR count). The van der Waals surface area contributed by atoms with Gasteiger partial charge in [0.25, 0.3) is 0 Å². The molecule has 4 saturated heterocycles. The zero-order valence-electron chi connectivity index (χ0n) is 33.0. The molecule has 0 spiro atoms. The van der Waals surface area contributed by atoms with Gasteiger partial charge < -0.3 is 104 Å². The monoisotopic (exact) mass is 914 g/mol. The Morgan fingerprint density at radius 3 is 1.83 bits per heavy atom. The summed E-state index contributed by atoms with van der Waals surface area (Å²) in [5, 5.41) is 90.9. The van der Waals surface area contributed by atoms with Gasteiger partial charge in [-0.25, -0.2) is 0 Å². The number of hydrogen-bond donors (Lipinski definition) is 7. The minimum absolute atomic E-state index is 0. The standard InChI is InChI=1S/C35H59N2O20.Y/c1-13-19(10-51-7-16-14(2)54-20(9-49-4)23(36)26(16)41)56-33(35(47)48)31(25(13)40)53-12-21-24(37-15(3)39)27(42)17(18(6-38)55-21)8-52-11-22-28(43)29(44)30(50-5)32(57-22)34(45)46;/h13-14,16-33,36,38,40-44H,6-12H2,1-5H3,(H,37,39)(H,45,46)(H,47,48);/q-1;/p-2/t13?,14?,16-,17-,18?,19-,20-,21-,22-,23?,24?,25+,26-,27-,28?,29+,30+,31+,32?,33?;/m0./s1. The first-order valence-electron chi connectivity index (χ1n) is 18.8. The Balaban J connectivity index is 0.00000900. The SMILES string of the molecule is COC[C@@H]1OC(C)[C@H](COC[C@@H]2OC(C(=O)[O-])[C@H](OC[C@@H]3OC(CO)[C@H](COC[C@@H]4OC(C(=O)[O-])[C@H](OC)[C@H](O)C4O)[C@H](O)C3NC(C)=O)[C@H](O)C2C)[C@H](O)C1[NH-].[Y]. The predicted molar refractivity (Wildman–Crippen MR) is 183 cm³/mol. The van der Waals surface area contributed by atoms with Gasteiger partial charge in [0, 0.05) is 77.7 Å². The Labute approximate surface area is 360 Å². The number of amides is 1. The molecule has 4 aliphatic rings. The summed E-state index contributed by atoms with van der Waals surface area (Å²) in [6.45, 7) is 2.30. The first-order chi connectivity index (χ1) is 27.0. The molecule has 4 heterocycles. The molecular formula is C35H57N2O20Y-3. The van der Waals surface area contributed by atoms with Gasteiger partial charge in [-0.1, -0.05) is 13.0 Å². The van der Waals surface area contributed by atoms with Gasteiger partial charge in [0.2, 0.25) is 5.91 Å². The van der Waals surface area contributed by atoms with Crippen molar-refractivity contribution in [3.63, 3.8) is 0 Å². The van der Waals surface area contributed by atoms with E-state index in [4.69, 9.17) is 48.4 Å². The Kier molecular flexibility index (Phi) is 20.6. The van der Waals surface area contributed by atoms with Gasteiger partial charge in [-0.3, -0.25) is 4.79 Å². The zero-order chi connectivity index (χ0) is 42.3. The third-order valence-corrected chi connectivity index (χ3v) is 11.3. The average molecular weight is 915 g/mol. The van der Waals surface area contributed by atoms with E-state index in [9.17, 15) is 55.2 Å². The van der Waals surface area contributed by atoms with E-state index >= 15 is 0 Å². The number of carboxylic acids is 2. The third kappa shape index (κ3) is 12.1. The summed E-state index contributed by atoms with van der Waals surface area (Å²) < 4.78 is 50.3. The molecule has 8 unspecified atom stereocenters. The van der Waals surface area contributed by atoms with Gasteiger partial charge in [0.1, 0.15) is 48.8 Å². The number of carboxylic acid groups (broad SMARTS) is 2. The molecule has 4 aliphatic heterocycles. The van der Waals surface area contributed by atoms with Crippen LogP contribution in [0.25, 0.3) is 5.73 Å². The Bertz CT molecular complexity index is 1310. The minimum atomic E-state index is -1.81. The van der Waals surface area contributed by atoms with Crippen molar-refractivity contribution >= 4 is 17.8 Å². The van der Waals surface area contributed by atoms with Crippen LogP contribution in [0.2, 0.25) is 0 Å². The van der Waals surface area contributed by atoms with E-state index in [0.29, 0.717) is 0 Å². The molecule has 8 N–H and O–H groups in total.